The first kappa shape index (κ1) is 11.4. The minimum Gasteiger partial charge on any atom is -0.497 e. The summed E-state index contributed by atoms with van der Waals surface area (Å²) in [5.41, 5.74) is 8.61. The van der Waals surface area contributed by atoms with E-state index in [0.717, 1.165) is 18.8 Å². The first-order chi connectivity index (χ1) is 7.80. The van der Waals surface area contributed by atoms with Crippen LogP contribution in [0, 0.1) is 0 Å². The number of nitrogens with two attached hydrogens (primary N) is 1. The lowest BCUT2D eigenvalue weighted by Crippen LogP contribution is -2.28. The number of ether oxygens (including phenoxy) is 1. The van der Waals surface area contributed by atoms with Crippen molar-refractivity contribution in [3.63, 3.8) is 0 Å². The second-order valence-corrected chi connectivity index (χ2v) is 4.29. The standard InChI is InChI=1S/C13H20N2O/c1-3-6-15-9-10-4-5-11(16-2)7-12(10)13(15)8-14/h4-5,7,13H,3,6,8-9,14H2,1-2H3. The van der Waals surface area contributed by atoms with Gasteiger partial charge in [-0.3, -0.25) is 4.90 Å². The van der Waals surface area contributed by atoms with Gasteiger partial charge in [0, 0.05) is 19.1 Å². The average molecular weight is 220 g/mol. The van der Waals surface area contributed by atoms with Crippen LogP contribution >= 0.6 is 0 Å². The summed E-state index contributed by atoms with van der Waals surface area (Å²) in [5.74, 6) is 0.926. The number of benzene rings is 1. The maximum atomic E-state index is 5.88. The van der Waals surface area contributed by atoms with Gasteiger partial charge in [0.2, 0.25) is 0 Å². The molecule has 0 amide bonds. The van der Waals surface area contributed by atoms with Gasteiger partial charge in [-0.2, -0.15) is 0 Å². The third-order valence-corrected chi connectivity index (χ3v) is 3.26. The molecule has 0 spiro atoms. The zero-order valence-electron chi connectivity index (χ0n) is 10.1. The highest BCUT2D eigenvalue weighted by Crippen LogP contribution is 2.35. The summed E-state index contributed by atoms with van der Waals surface area (Å²) in [7, 11) is 1.71. The van der Waals surface area contributed by atoms with Crippen LogP contribution in [0.1, 0.15) is 30.5 Å². The van der Waals surface area contributed by atoms with Gasteiger partial charge in [0.1, 0.15) is 5.75 Å². The van der Waals surface area contributed by atoms with Crippen molar-refractivity contribution in [3.05, 3.63) is 29.3 Å². The van der Waals surface area contributed by atoms with Crippen LogP contribution in [0.4, 0.5) is 0 Å². The molecule has 1 atom stereocenters. The van der Waals surface area contributed by atoms with Crippen LogP contribution in [0.5, 0.6) is 5.75 Å². The van der Waals surface area contributed by atoms with E-state index < -0.39 is 0 Å². The van der Waals surface area contributed by atoms with E-state index in [-0.39, 0.29) is 0 Å². The predicted molar refractivity (Wildman–Crippen MR) is 65.5 cm³/mol. The molecular formula is C13H20N2O. The fourth-order valence-electron chi connectivity index (χ4n) is 2.48. The molecule has 3 heteroatoms. The van der Waals surface area contributed by atoms with Crippen LogP contribution in [0.25, 0.3) is 0 Å². The number of hydrogen-bond acceptors (Lipinski definition) is 3. The predicted octanol–water partition coefficient (Wildman–Crippen LogP) is 1.92. The van der Waals surface area contributed by atoms with Crippen LogP contribution < -0.4 is 10.5 Å². The van der Waals surface area contributed by atoms with E-state index in [0.29, 0.717) is 12.6 Å². The normalized spacial score (nSPS) is 19.8. The Morgan fingerprint density at radius 1 is 1.50 bits per heavy atom. The number of fused-ring (bicyclic) bond motifs is 1. The molecule has 3 nitrogen and oxygen atoms in total. The number of nitrogens with zero attached hydrogens (tertiary/aromatic N) is 1. The summed E-state index contributed by atoms with van der Waals surface area (Å²) >= 11 is 0. The zero-order valence-corrected chi connectivity index (χ0v) is 10.1. The molecule has 1 heterocycles. The van der Waals surface area contributed by atoms with Crippen molar-refractivity contribution in [2.45, 2.75) is 25.9 Å². The summed E-state index contributed by atoms with van der Waals surface area (Å²) in [6, 6.07) is 6.68. The molecule has 1 aliphatic heterocycles. The summed E-state index contributed by atoms with van der Waals surface area (Å²) in [4.78, 5) is 2.45. The SMILES string of the molecule is CCCN1Cc2ccc(OC)cc2C1CN. The van der Waals surface area contributed by atoms with E-state index in [2.05, 4.69) is 24.0 Å². The Balaban J connectivity index is 2.28. The van der Waals surface area contributed by atoms with Gasteiger partial charge in [0.25, 0.3) is 0 Å². The van der Waals surface area contributed by atoms with Gasteiger partial charge >= 0.3 is 0 Å². The molecular weight excluding hydrogens is 200 g/mol. The minimum absolute atomic E-state index is 0.366. The first-order valence-electron chi connectivity index (χ1n) is 5.91. The molecule has 16 heavy (non-hydrogen) atoms. The molecule has 0 saturated carbocycles. The molecule has 2 rings (SSSR count). The van der Waals surface area contributed by atoms with Crippen molar-refractivity contribution in [2.24, 2.45) is 5.73 Å². The summed E-state index contributed by atoms with van der Waals surface area (Å²) in [6.07, 6.45) is 1.17. The molecule has 1 aromatic carbocycles. The van der Waals surface area contributed by atoms with E-state index in [9.17, 15) is 0 Å². The number of rotatable bonds is 4. The third-order valence-electron chi connectivity index (χ3n) is 3.26. The second kappa shape index (κ2) is 4.85. The molecule has 2 N–H and O–H groups in total. The quantitative estimate of drug-likeness (QED) is 0.842. The van der Waals surface area contributed by atoms with Gasteiger partial charge in [-0.15, -0.1) is 0 Å². The number of methoxy groups -OCH3 is 1. The summed E-state index contributed by atoms with van der Waals surface area (Å²) in [5, 5.41) is 0. The van der Waals surface area contributed by atoms with E-state index >= 15 is 0 Å². The van der Waals surface area contributed by atoms with E-state index in [1.54, 1.807) is 7.11 Å². The lowest BCUT2D eigenvalue weighted by atomic mass is 10.0. The van der Waals surface area contributed by atoms with Gasteiger partial charge in [-0.05, 0) is 36.2 Å². The zero-order chi connectivity index (χ0) is 11.5. The van der Waals surface area contributed by atoms with Crippen LogP contribution in [0.15, 0.2) is 18.2 Å². The topological polar surface area (TPSA) is 38.5 Å². The van der Waals surface area contributed by atoms with E-state index in [4.69, 9.17) is 10.5 Å². The Morgan fingerprint density at radius 2 is 2.31 bits per heavy atom. The van der Waals surface area contributed by atoms with Crippen LogP contribution in [0.2, 0.25) is 0 Å². The van der Waals surface area contributed by atoms with Gasteiger partial charge in [-0.1, -0.05) is 13.0 Å². The second-order valence-electron chi connectivity index (χ2n) is 4.29. The van der Waals surface area contributed by atoms with Crippen molar-refractivity contribution >= 4 is 0 Å². The van der Waals surface area contributed by atoms with Gasteiger partial charge in [0.15, 0.2) is 0 Å². The molecule has 0 fully saturated rings. The smallest absolute Gasteiger partial charge is 0.119 e. The Bertz CT molecular complexity index is 365. The van der Waals surface area contributed by atoms with Crippen LogP contribution in [-0.2, 0) is 6.54 Å². The maximum absolute atomic E-state index is 5.88. The highest BCUT2D eigenvalue weighted by atomic mass is 16.5. The molecule has 1 unspecified atom stereocenters. The molecule has 0 saturated heterocycles. The molecule has 1 aliphatic rings. The highest BCUT2D eigenvalue weighted by molar-refractivity contribution is 5.40. The van der Waals surface area contributed by atoms with Crippen LogP contribution in [0.3, 0.4) is 0 Å². The molecule has 0 aromatic heterocycles. The van der Waals surface area contributed by atoms with Crippen molar-refractivity contribution in [2.75, 3.05) is 20.2 Å². The van der Waals surface area contributed by atoms with Crippen molar-refractivity contribution in [1.82, 2.24) is 4.90 Å². The molecule has 0 bridgehead atoms. The van der Waals surface area contributed by atoms with E-state index in [1.165, 1.54) is 17.5 Å². The molecule has 0 aliphatic carbocycles. The Kier molecular flexibility index (Phi) is 3.46. The molecule has 88 valence electrons. The average Bonchev–Trinajstić information content (AvgIpc) is 2.65. The van der Waals surface area contributed by atoms with Crippen molar-refractivity contribution in [1.29, 1.82) is 0 Å². The third kappa shape index (κ3) is 1.93. The van der Waals surface area contributed by atoms with Gasteiger partial charge in [-0.25, -0.2) is 0 Å². The monoisotopic (exact) mass is 220 g/mol. The Morgan fingerprint density at radius 3 is 2.94 bits per heavy atom. The molecule has 0 radical (unpaired) electrons. The summed E-state index contributed by atoms with van der Waals surface area (Å²) in [6.45, 7) is 5.02. The summed E-state index contributed by atoms with van der Waals surface area (Å²) < 4.78 is 5.27. The lowest BCUT2D eigenvalue weighted by molar-refractivity contribution is 0.220. The lowest BCUT2D eigenvalue weighted by Gasteiger charge is -2.22. The first-order valence-corrected chi connectivity index (χ1v) is 5.91. The van der Waals surface area contributed by atoms with Crippen LogP contribution in [-0.4, -0.2) is 25.1 Å². The Hall–Kier alpha value is -1.06. The minimum atomic E-state index is 0.366. The highest BCUT2D eigenvalue weighted by Gasteiger charge is 2.28. The maximum Gasteiger partial charge on any atom is 0.119 e. The largest absolute Gasteiger partial charge is 0.497 e. The fourth-order valence-corrected chi connectivity index (χ4v) is 2.48. The van der Waals surface area contributed by atoms with Gasteiger partial charge in [0.05, 0.1) is 7.11 Å². The number of hydrogen-bond donors (Lipinski definition) is 1. The van der Waals surface area contributed by atoms with E-state index in [1.807, 2.05) is 6.07 Å². The van der Waals surface area contributed by atoms with Crippen molar-refractivity contribution in [3.8, 4) is 5.75 Å². The van der Waals surface area contributed by atoms with Crippen molar-refractivity contribution < 1.29 is 4.74 Å². The Labute approximate surface area is 97.2 Å². The fraction of sp³-hybridized carbons (Fsp3) is 0.538. The van der Waals surface area contributed by atoms with Gasteiger partial charge < -0.3 is 10.5 Å². The molecule has 1 aromatic rings.